The number of rotatable bonds is 5. The number of hydrogen-bond acceptors (Lipinski definition) is 3. The molecule has 6 nitrogen and oxygen atoms in total. The van der Waals surface area contributed by atoms with Crippen LogP contribution in [0.25, 0.3) is 0 Å². The van der Waals surface area contributed by atoms with Crippen LogP contribution in [-0.4, -0.2) is 49.5 Å². The highest BCUT2D eigenvalue weighted by Gasteiger charge is 2.20. The number of guanidine groups is 1. The largest absolute Gasteiger partial charge is 0.368 e. The molecule has 29 heavy (non-hydrogen) atoms. The van der Waals surface area contributed by atoms with Crippen molar-refractivity contribution >= 4 is 53.1 Å². The molecule has 0 aliphatic carbocycles. The molecule has 2 aromatic rings. The summed E-state index contributed by atoms with van der Waals surface area (Å²) in [4.78, 5) is 20.6. The third-order valence-corrected chi connectivity index (χ3v) is 4.97. The van der Waals surface area contributed by atoms with Crippen LogP contribution in [0, 0.1) is 0 Å². The van der Waals surface area contributed by atoms with Crippen LogP contribution >= 0.6 is 35.6 Å². The Morgan fingerprint density at radius 1 is 1.14 bits per heavy atom. The summed E-state index contributed by atoms with van der Waals surface area (Å²) < 4.78 is 0. The number of hydrogen-bond donors (Lipinski definition) is 2. The van der Waals surface area contributed by atoms with Crippen LogP contribution in [0.5, 0.6) is 0 Å². The van der Waals surface area contributed by atoms with E-state index in [0.717, 1.165) is 55.0 Å². The molecule has 0 spiro atoms. The maximum atomic E-state index is 11.2. The minimum absolute atomic E-state index is 0. The summed E-state index contributed by atoms with van der Waals surface area (Å²) in [5.41, 5.74) is 8.00. The molecular weight excluding hydrogens is 501 g/mol. The molecule has 0 radical (unpaired) electrons. The van der Waals surface area contributed by atoms with E-state index in [1.165, 1.54) is 0 Å². The Morgan fingerprint density at radius 3 is 2.41 bits per heavy atom. The summed E-state index contributed by atoms with van der Waals surface area (Å²) in [6, 6.07) is 15.2. The Kier molecular flexibility index (Phi) is 9.03. The van der Waals surface area contributed by atoms with Gasteiger partial charge in [0.15, 0.2) is 5.96 Å². The van der Waals surface area contributed by atoms with Crippen molar-refractivity contribution in [3.63, 3.8) is 0 Å². The Labute approximate surface area is 194 Å². The minimum Gasteiger partial charge on any atom is -0.368 e. The second kappa shape index (κ2) is 11.3. The van der Waals surface area contributed by atoms with Crippen LogP contribution in [0.3, 0.4) is 0 Å². The van der Waals surface area contributed by atoms with Crippen molar-refractivity contribution in [3.8, 4) is 0 Å². The maximum Gasteiger partial charge on any atom is 0.248 e. The zero-order chi connectivity index (χ0) is 19.9. The van der Waals surface area contributed by atoms with E-state index in [1.54, 1.807) is 12.1 Å². The lowest BCUT2D eigenvalue weighted by Gasteiger charge is -2.37. The van der Waals surface area contributed by atoms with Gasteiger partial charge in [-0.3, -0.25) is 4.79 Å². The molecule has 2 aromatic carbocycles. The van der Waals surface area contributed by atoms with Crippen molar-refractivity contribution in [1.29, 1.82) is 0 Å². The maximum absolute atomic E-state index is 11.2. The van der Waals surface area contributed by atoms with Crippen LogP contribution in [0.4, 0.5) is 5.69 Å². The average Bonchev–Trinajstić information content (AvgIpc) is 2.71. The normalized spacial score (nSPS) is 14.3. The molecule has 1 amide bonds. The number of carbonyl (C=O) groups excluding carboxylic acids is 1. The van der Waals surface area contributed by atoms with Crippen LogP contribution in [-0.2, 0) is 6.54 Å². The van der Waals surface area contributed by atoms with E-state index in [0.29, 0.717) is 12.1 Å². The zero-order valence-corrected chi connectivity index (χ0v) is 19.6. The van der Waals surface area contributed by atoms with Gasteiger partial charge in [0.1, 0.15) is 0 Å². The summed E-state index contributed by atoms with van der Waals surface area (Å²) >= 11 is 6.12. The molecule has 3 N–H and O–H groups in total. The highest BCUT2D eigenvalue weighted by atomic mass is 127. The molecule has 1 aliphatic rings. The second-order valence-corrected chi connectivity index (χ2v) is 7.12. The van der Waals surface area contributed by atoms with Crippen molar-refractivity contribution in [2.75, 3.05) is 37.6 Å². The summed E-state index contributed by atoms with van der Waals surface area (Å²) in [6.07, 6.45) is 0. The van der Waals surface area contributed by atoms with E-state index in [9.17, 15) is 4.79 Å². The van der Waals surface area contributed by atoms with Crippen molar-refractivity contribution in [2.24, 2.45) is 10.7 Å². The first-order valence-electron chi connectivity index (χ1n) is 9.49. The van der Waals surface area contributed by atoms with Gasteiger partial charge in [0, 0.05) is 49.0 Å². The van der Waals surface area contributed by atoms with Gasteiger partial charge < -0.3 is 20.9 Å². The van der Waals surface area contributed by atoms with E-state index in [1.807, 2.05) is 30.3 Å². The highest BCUT2D eigenvalue weighted by molar-refractivity contribution is 14.0. The lowest BCUT2D eigenvalue weighted by Crippen LogP contribution is -2.52. The number of nitrogens with zero attached hydrogens (tertiary/aromatic N) is 3. The number of amides is 1. The van der Waals surface area contributed by atoms with E-state index in [-0.39, 0.29) is 24.0 Å². The topological polar surface area (TPSA) is 74.0 Å². The molecular formula is C21H27ClIN5O. The van der Waals surface area contributed by atoms with E-state index in [4.69, 9.17) is 22.3 Å². The van der Waals surface area contributed by atoms with Gasteiger partial charge >= 0.3 is 0 Å². The van der Waals surface area contributed by atoms with Crippen molar-refractivity contribution < 1.29 is 4.79 Å². The number of primary amides is 1. The summed E-state index contributed by atoms with van der Waals surface area (Å²) in [7, 11) is 0. The lowest BCUT2D eigenvalue weighted by molar-refractivity contribution is 0.100. The first-order chi connectivity index (χ1) is 13.6. The molecule has 0 aromatic heterocycles. The minimum atomic E-state index is -0.416. The van der Waals surface area contributed by atoms with Gasteiger partial charge in [0.25, 0.3) is 0 Å². The molecule has 0 atom stereocenters. The first-order valence-corrected chi connectivity index (χ1v) is 9.87. The Morgan fingerprint density at radius 2 is 1.83 bits per heavy atom. The number of benzene rings is 2. The third-order valence-electron chi connectivity index (χ3n) is 4.74. The molecule has 1 aliphatic heterocycles. The summed E-state index contributed by atoms with van der Waals surface area (Å²) in [6.45, 7) is 7.04. The van der Waals surface area contributed by atoms with Gasteiger partial charge in [-0.25, -0.2) is 4.99 Å². The fraction of sp³-hybridized carbons (Fsp3) is 0.333. The van der Waals surface area contributed by atoms with E-state index >= 15 is 0 Å². The number of nitrogens with two attached hydrogens (primary N) is 1. The fourth-order valence-corrected chi connectivity index (χ4v) is 3.40. The van der Waals surface area contributed by atoms with Crippen molar-refractivity contribution in [2.45, 2.75) is 13.5 Å². The Balaban J connectivity index is 0.00000300. The molecule has 0 saturated carbocycles. The van der Waals surface area contributed by atoms with Gasteiger partial charge in [0.05, 0.1) is 6.54 Å². The number of nitrogens with one attached hydrogen (secondary N) is 1. The Bertz CT molecular complexity index is 835. The zero-order valence-electron chi connectivity index (χ0n) is 16.5. The third kappa shape index (κ3) is 6.50. The summed E-state index contributed by atoms with van der Waals surface area (Å²) in [5.74, 6) is 0.494. The predicted molar refractivity (Wildman–Crippen MR) is 130 cm³/mol. The molecule has 0 bridgehead atoms. The molecule has 0 unspecified atom stereocenters. The quantitative estimate of drug-likeness (QED) is 0.355. The van der Waals surface area contributed by atoms with Crippen LogP contribution in [0.2, 0.25) is 5.02 Å². The van der Waals surface area contributed by atoms with Gasteiger partial charge in [-0.15, -0.1) is 24.0 Å². The number of halogens is 2. The first kappa shape index (κ1) is 23.3. The Hall–Kier alpha value is -2.00. The number of piperazine rings is 1. The molecule has 1 saturated heterocycles. The molecule has 8 heteroatoms. The second-order valence-electron chi connectivity index (χ2n) is 6.69. The molecule has 3 rings (SSSR count). The predicted octanol–water partition coefficient (Wildman–Crippen LogP) is 3.34. The number of carbonyl (C=O) groups is 1. The van der Waals surface area contributed by atoms with Crippen LogP contribution in [0.1, 0.15) is 22.8 Å². The highest BCUT2D eigenvalue weighted by Crippen LogP contribution is 2.20. The monoisotopic (exact) mass is 527 g/mol. The SMILES string of the molecule is CCNC(=NCc1ccc(C(N)=O)cc1)N1CCN(c2cccc(Cl)c2)CC1.I. The van der Waals surface area contributed by atoms with Crippen molar-refractivity contribution in [3.05, 3.63) is 64.7 Å². The smallest absolute Gasteiger partial charge is 0.248 e. The van der Waals surface area contributed by atoms with Gasteiger partial charge in [-0.2, -0.15) is 0 Å². The van der Waals surface area contributed by atoms with E-state index in [2.05, 4.69) is 28.1 Å². The molecule has 1 heterocycles. The summed E-state index contributed by atoms with van der Waals surface area (Å²) in [5, 5.41) is 4.14. The average molecular weight is 528 g/mol. The fourth-order valence-electron chi connectivity index (χ4n) is 3.22. The van der Waals surface area contributed by atoms with Gasteiger partial charge in [-0.05, 0) is 42.8 Å². The molecule has 1 fully saturated rings. The van der Waals surface area contributed by atoms with E-state index < -0.39 is 5.91 Å². The number of aliphatic imine (C=N–C) groups is 1. The molecule has 156 valence electrons. The number of anilines is 1. The van der Waals surface area contributed by atoms with Gasteiger partial charge in [-0.1, -0.05) is 29.8 Å². The van der Waals surface area contributed by atoms with Crippen molar-refractivity contribution in [1.82, 2.24) is 10.2 Å². The van der Waals surface area contributed by atoms with Crippen LogP contribution < -0.4 is 16.0 Å². The van der Waals surface area contributed by atoms with Gasteiger partial charge in [0.2, 0.25) is 5.91 Å². The van der Waals surface area contributed by atoms with Crippen LogP contribution in [0.15, 0.2) is 53.5 Å². The standard InChI is InChI=1S/C21H26ClN5O.HI/c1-2-24-21(25-15-16-6-8-17(9-7-16)20(23)28)27-12-10-26(11-13-27)19-5-3-4-18(22)14-19;/h3-9,14H,2,10-13,15H2,1H3,(H2,23,28)(H,24,25);1H. The lowest BCUT2D eigenvalue weighted by atomic mass is 10.1.